The first-order chi connectivity index (χ1) is 28.4. The Morgan fingerprint density at radius 1 is 0.814 bits per heavy atom. The van der Waals surface area contributed by atoms with E-state index in [0.717, 1.165) is 124 Å². The van der Waals surface area contributed by atoms with Crippen molar-refractivity contribution in [3.8, 4) is 0 Å². The lowest BCUT2D eigenvalue weighted by atomic mass is 9.75. The first kappa shape index (κ1) is 38.0. The first-order valence-corrected chi connectivity index (χ1v) is 21.5. The Kier molecular flexibility index (Phi) is 9.14. The third-order valence-corrected chi connectivity index (χ3v) is 15.0. The van der Waals surface area contributed by atoms with E-state index in [1.165, 1.54) is 0 Å². The number of amides is 5. The number of halogens is 1. The Hall–Kier alpha value is -5.25. The molecule has 5 saturated heterocycles. The number of carbonyl (C=O) groups excluding carboxylic acids is 5. The third kappa shape index (κ3) is 6.48. The number of hydrogen-bond acceptors (Lipinski definition) is 8. The van der Waals surface area contributed by atoms with E-state index in [1.54, 1.807) is 0 Å². The van der Waals surface area contributed by atoms with Crippen LogP contribution in [0.15, 0.2) is 54.6 Å². The smallest absolute Gasteiger partial charge is 0.262 e. The molecule has 5 fully saturated rings. The minimum Gasteiger partial charge on any atom is -0.371 e. The average molecular weight is 814 g/mol. The molecule has 2 spiro atoms. The normalized spacial score (nSPS) is 25.0. The number of hydrogen-bond donors (Lipinski definition) is 1. The SMILES string of the molecule is [C-]#[N+]c1ccc(N2CC3(CCN(c4ccc(C(=O)N5CCC(N6CC7(Cc8cc9c(cc8C7)C(=O)N(C7CCC(=O)NC7=O)C9=O)C6)CC5)cc4)CC3)C[C@@H]2C)cc1Cl. The van der Waals surface area contributed by atoms with Crippen LogP contribution in [-0.4, -0.2) is 108 Å². The fourth-order valence-electron chi connectivity index (χ4n) is 11.6. The van der Waals surface area contributed by atoms with Gasteiger partial charge in [-0.25, -0.2) is 4.85 Å². The van der Waals surface area contributed by atoms with Crippen LogP contribution in [0, 0.1) is 17.4 Å². The number of fused-ring (bicyclic) bond motifs is 2. The van der Waals surface area contributed by atoms with Crippen LogP contribution >= 0.6 is 11.6 Å². The lowest BCUT2D eigenvalue weighted by molar-refractivity contribution is -0.136. The van der Waals surface area contributed by atoms with Crippen molar-refractivity contribution in [3.05, 3.63) is 98.9 Å². The van der Waals surface area contributed by atoms with Gasteiger partial charge in [0.15, 0.2) is 0 Å². The molecule has 13 heteroatoms. The molecule has 12 nitrogen and oxygen atoms in total. The number of likely N-dealkylation sites (tertiary alicyclic amines) is 2. The van der Waals surface area contributed by atoms with Crippen molar-refractivity contribution in [2.45, 2.75) is 82.8 Å². The minimum absolute atomic E-state index is 0.0914. The molecule has 7 aliphatic rings. The van der Waals surface area contributed by atoms with Crippen LogP contribution in [-0.2, 0) is 22.4 Å². The van der Waals surface area contributed by atoms with Gasteiger partial charge in [0, 0.05) is 91.7 Å². The Balaban J connectivity index is 0.694. The lowest BCUT2D eigenvalue weighted by Crippen LogP contribution is -2.62. The second-order valence-corrected chi connectivity index (χ2v) is 18.8. The molecule has 0 bridgehead atoms. The summed E-state index contributed by atoms with van der Waals surface area (Å²) in [6, 6.07) is 17.6. The van der Waals surface area contributed by atoms with E-state index in [4.69, 9.17) is 18.2 Å². The second kappa shape index (κ2) is 14.2. The Bertz CT molecular complexity index is 2290. The Morgan fingerprint density at radius 2 is 1.46 bits per heavy atom. The highest BCUT2D eigenvalue weighted by Gasteiger charge is 2.51. The van der Waals surface area contributed by atoms with Crippen LogP contribution in [0.25, 0.3) is 4.85 Å². The summed E-state index contributed by atoms with van der Waals surface area (Å²) < 4.78 is 0. The van der Waals surface area contributed by atoms with E-state index in [-0.39, 0.29) is 35.5 Å². The summed E-state index contributed by atoms with van der Waals surface area (Å²) in [5.41, 5.74) is 6.77. The molecular formula is C46H48ClN7O5. The fraction of sp³-hybridized carbons (Fsp3) is 0.478. The van der Waals surface area contributed by atoms with E-state index in [9.17, 15) is 24.0 Å². The fourth-order valence-corrected chi connectivity index (χ4v) is 11.8. The van der Waals surface area contributed by atoms with Gasteiger partial charge in [-0.1, -0.05) is 17.7 Å². The predicted octanol–water partition coefficient (Wildman–Crippen LogP) is 5.88. The summed E-state index contributed by atoms with van der Waals surface area (Å²) in [5.74, 6) is -1.78. The minimum atomic E-state index is -0.957. The zero-order valence-corrected chi connectivity index (χ0v) is 34.1. The van der Waals surface area contributed by atoms with E-state index < -0.39 is 23.8 Å². The van der Waals surface area contributed by atoms with Gasteiger partial charge in [0.25, 0.3) is 17.7 Å². The molecule has 0 aromatic heterocycles. The summed E-state index contributed by atoms with van der Waals surface area (Å²) >= 11 is 6.39. The standard InChI is InChI=1S/C46H48ClN7O5/c1-28-22-45(27-53(28)34-7-8-38(48-2)37(47)21-34)13-17-50(18-14-45)32-5-3-29(4-6-32)42(57)51-15-11-33(12-16-51)52-25-46(26-52)23-30-19-35-36(20-31(30)24-46)44(59)54(43(35)58)39-9-10-40(55)49-41(39)56/h3-8,19-21,28,33,39H,9-18,22-27H2,1H3,(H,49,55,56)/t28-,39?/m0/s1. The van der Waals surface area contributed by atoms with Gasteiger partial charge in [0.2, 0.25) is 17.5 Å². The largest absolute Gasteiger partial charge is 0.371 e. The monoisotopic (exact) mass is 813 g/mol. The van der Waals surface area contributed by atoms with E-state index in [1.807, 2.05) is 47.4 Å². The second-order valence-electron chi connectivity index (χ2n) is 18.4. The van der Waals surface area contributed by atoms with Gasteiger partial charge in [0.05, 0.1) is 17.7 Å². The van der Waals surface area contributed by atoms with Gasteiger partial charge in [0.1, 0.15) is 6.04 Å². The number of piperidine rings is 3. The van der Waals surface area contributed by atoms with E-state index in [2.05, 4.69) is 43.9 Å². The van der Waals surface area contributed by atoms with Crippen molar-refractivity contribution in [1.29, 1.82) is 0 Å². The zero-order chi connectivity index (χ0) is 40.8. The summed E-state index contributed by atoms with van der Waals surface area (Å²) in [7, 11) is 0. The zero-order valence-electron chi connectivity index (χ0n) is 33.3. The quantitative estimate of drug-likeness (QED) is 0.251. The summed E-state index contributed by atoms with van der Waals surface area (Å²) in [4.78, 5) is 78.6. The highest BCUT2D eigenvalue weighted by molar-refractivity contribution is 6.33. The van der Waals surface area contributed by atoms with Gasteiger partial charge < -0.3 is 14.7 Å². The molecule has 2 atom stereocenters. The van der Waals surface area contributed by atoms with Crippen LogP contribution in [0.1, 0.15) is 94.1 Å². The van der Waals surface area contributed by atoms with Crippen LogP contribution < -0.4 is 15.1 Å². The molecule has 59 heavy (non-hydrogen) atoms. The number of nitrogens with one attached hydrogen (secondary N) is 1. The molecular weight excluding hydrogens is 766 g/mol. The number of imide groups is 2. The number of benzene rings is 3. The van der Waals surface area contributed by atoms with Gasteiger partial charge in [-0.05, 0) is 123 Å². The number of anilines is 2. The highest BCUT2D eigenvalue weighted by Crippen LogP contribution is 2.48. The molecule has 6 aliphatic heterocycles. The molecule has 3 aromatic carbocycles. The molecule has 1 N–H and O–H groups in total. The van der Waals surface area contributed by atoms with Gasteiger partial charge in [-0.15, -0.1) is 0 Å². The summed E-state index contributed by atoms with van der Waals surface area (Å²) in [6.45, 7) is 15.9. The number of rotatable bonds is 5. The van der Waals surface area contributed by atoms with Gasteiger partial charge in [-0.2, -0.15) is 0 Å². The Labute approximate surface area is 349 Å². The highest BCUT2D eigenvalue weighted by atomic mass is 35.5. The van der Waals surface area contributed by atoms with Crippen LogP contribution in [0.5, 0.6) is 0 Å². The van der Waals surface area contributed by atoms with Gasteiger partial charge in [-0.3, -0.25) is 39.1 Å². The number of nitrogens with zero attached hydrogens (tertiary/aromatic N) is 6. The van der Waals surface area contributed by atoms with E-state index in [0.29, 0.717) is 33.9 Å². The molecule has 1 unspecified atom stereocenters. The van der Waals surface area contributed by atoms with Gasteiger partial charge >= 0.3 is 0 Å². The van der Waals surface area contributed by atoms with E-state index >= 15 is 0 Å². The third-order valence-electron chi connectivity index (χ3n) is 14.7. The Morgan fingerprint density at radius 3 is 2.07 bits per heavy atom. The number of carbonyl (C=O) groups is 5. The van der Waals surface area contributed by atoms with Crippen LogP contribution in [0.3, 0.4) is 0 Å². The molecule has 3 aromatic rings. The maximum absolute atomic E-state index is 13.6. The molecule has 10 rings (SSSR count). The molecule has 5 amide bonds. The molecule has 6 heterocycles. The summed E-state index contributed by atoms with van der Waals surface area (Å²) in [6.07, 6.45) is 7.19. The molecule has 1 aliphatic carbocycles. The molecule has 0 saturated carbocycles. The average Bonchev–Trinajstić information content (AvgIpc) is 3.85. The van der Waals surface area contributed by atoms with Crippen molar-refractivity contribution in [2.75, 3.05) is 55.6 Å². The van der Waals surface area contributed by atoms with Crippen molar-refractivity contribution in [2.24, 2.45) is 10.8 Å². The van der Waals surface area contributed by atoms with Crippen LogP contribution in [0.4, 0.5) is 17.1 Å². The van der Waals surface area contributed by atoms with Crippen molar-refractivity contribution >= 4 is 58.2 Å². The first-order valence-electron chi connectivity index (χ1n) is 21.1. The maximum Gasteiger partial charge on any atom is 0.262 e. The van der Waals surface area contributed by atoms with Crippen molar-refractivity contribution < 1.29 is 24.0 Å². The topological polar surface area (TPSA) is 118 Å². The predicted molar refractivity (Wildman–Crippen MR) is 223 cm³/mol. The van der Waals surface area contributed by atoms with Crippen molar-refractivity contribution in [3.63, 3.8) is 0 Å². The molecule has 0 radical (unpaired) electrons. The lowest BCUT2D eigenvalue weighted by Gasteiger charge is -2.53. The molecule has 304 valence electrons. The van der Waals surface area contributed by atoms with Crippen molar-refractivity contribution in [1.82, 2.24) is 20.0 Å². The summed E-state index contributed by atoms with van der Waals surface area (Å²) in [5, 5.41) is 2.77. The maximum atomic E-state index is 13.6. The van der Waals surface area contributed by atoms with Crippen LogP contribution in [0.2, 0.25) is 5.02 Å².